The van der Waals surface area contributed by atoms with E-state index in [1.807, 2.05) is 31.2 Å². The molecular formula is C20H21NO4. The molecule has 2 amide bonds. The summed E-state index contributed by atoms with van der Waals surface area (Å²) in [6.45, 7) is 2.01. The molecule has 130 valence electrons. The molecule has 0 aromatic heterocycles. The number of methoxy groups -OCH3 is 2. The predicted molar refractivity (Wildman–Crippen MR) is 95.2 cm³/mol. The number of hydrogen-bond donors (Lipinski definition) is 0. The van der Waals surface area contributed by atoms with E-state index in [2.05, 4.69) is 0 Å². The number of imide groups is 1. The van der Waals surface area contributed by atoms with E-state index in [0.717, 1.165) is 11.1 Å². The quantitative estimate of drug-likeness (QED) is 0.801. The lowest BCUT2D eigenvalue weighted by atomic mass is 9.88. The zero-order valence-electron chi connectivity index (χ0n) is 14.6. The minimum Gasteiger partial charge on any atom is -0.493 e. The number of anilines is 1. The first kappa shape index (κ1) is 17.0. The van der Waals surface area contributed by atoms with Crippen molar-refractivity contribution in [2.24, 2.45) is 0 Å². The van der Waals surface area contributed by atoms with Crippen molar-refractivity contribution in [3.8, 4) is 11.5 Å². The lowest BCUT2D eigenvalue weighted by molar-refractivity contribution is -0.129. The van der Waals surface area contributed by atoms with Gasteiger partial charge in [-0.1, -0.05) is 29.8 Å². The second-order valence-corrected chi connectivity index (χ2v) is 6.18. The van der Waals surface area contributed by atoms with Crippen molar-refractivity contribution in [2.75, 3.05) is 19.1 Å². The molecule has 25 heavy (non-hydrogen) atoms. The van der Waals surface area contributed by atoms with E-state index in [1.165, 1.54) is 12.0 Å². The van der Waals surface area contributed by atoms with Gasteiger partial charge in [0.1, 0.15) is 0 Å². The molecule has 5 heteroatoms. The molecule has 0 aliphatic carbocycles. The van der Waals surface area contributed by atoms with Crippen LogP contribution in [-0.2, 0) is 9.59 Å². The van der Waals surface area contributed by atoms with E-state index in [-0.39, 0.29) is 17.7 Å². The number of piperidine rings is 1. The summed E-state index contributed by atoms with van der Waals surface area (Å²) in [5.41, 5.74) is 2.69. The van der Waals surface area contributed by atoms with Crippen molar-refractivity contribution in [1.82, 2.24) is 0 Å². The van der Waals surface area contributed by atoms with E-state index in [0.29, 0.717) is 30.0 Å². The molecule has 2 aromatic rings. The van der Waals surface area contributed by atoms with Gasteiger partial charge < -0.3 is 9.47 Å². The molecule has 0 spiro atoms. The maximum absolute atomic E-state index is 12.6. The second kappa shape index (κ2) is 6.97. The summed E-state index contributed by atoms with van der Waals surface area (Å²) in [4.78, 5) is 26.5. The van der Waals surface area contributed by atoms with Crippen LogP contribution in [0, 0.1) is 6.92 Å². The number of aryl methyl sites for hydroxylation is 1. The van der Waals surface area contributed by atoms with Crippen LogP contribution in [0.3, 0.4) is 0 Å². The fraction of sp³-hybridized carbons (Fsp3) is 0.300. The zero-order valence-corrected chi connectivity index (χ0v) is 14.6. The zero-order chi connectivity index (χ0) is 18.0. The number of carbonyl (C=O) groups is 2. The van der Waals surface area contributed by atoms with Gasteiger partial charge in [0, 0.05) is 24.8 Å². The third-order valence-electron chi connectivity index (χ3n) is 4.51. The Balaban J connectivity index is 1.85. The maximum atomic E-state index is 12.6. The minimum atomic E-state index is -0.200. The van der Waals surface area contributed by atoms with E-state index in [4.69, 9.17) is 9.47 Å². The van der Waals surface area contributed by atoms with E-state index in [1.54, 1.807) is 25.3 Å². The van der Waals surface area contributed by atoms with Gasteiger partial charge in [-0.3, -0.25) is 14.5 Å². The topological polar surface area (TPSA) is 55.8 Å². The molecule has 1 heterocycles. The molecular weight excluding hydrogens is 318 g/mol. The van der Waals surface area contributed by atoms with Crippen LogP contribution in [0.1, 0.15) is 29.9 Å². The summed E-state index contributed by atoms with van der Waals surface area (Å²) in [6, 6.07) is 13.0. The molecule has 5 nitrogen and oxygen atoms in total. The normalized spacial score (nSPS) is 15.4. The Morgan fingerprint density at radius 3 is 2.04 bits per heavy atom. The smallest absolute Gasteiger partial charge is 0.234 e. The number of amides is 2. The summed E-state index contributed by atoms with van der Waals surface area (Å²) in [7, 11) is 3.07. The summed E-state index contributed by atoms with van der Waals surface area (Å²) in [5.74, 6) is 0.571. The van der Waals surface area contributed by atoms with E-state index < -0.39 is 0 Å². The molecule has 0 radical (unpaired) electrons. The summed E-state index contributed by atoms with van der Waals surface area (Å²) >= 11 is 0. The van der Waals surface area contributed by atoms with Crippen LogP contribution < -0.4 is 14.4 Å². The van der Waals surface area contributed by atoms with Gasteiger partial charge in [-0.2, -0.15) is 0 Å². The number of rotatable bonds is 4. The van der Waals surface area contributed by atoms with Gasteiger partial charge in [0.25, 0.3) is 0 Å². The van der Waals surface area contributed by atoms with Crippen molar-refractivity contribution in [3.63, 3.8) is 0 Å². The highest BCUT2D eigenvalue weighted by molar-refractivity contribution is 6.17. The Kier molecular flexibility index (Phi) is 4.74. The van der Waals surface area contributed by atoms with Crippen LogP contribution in [-0.4, -0.2) is 26.0 Å². The molecule has 3 rings (SSSR count). The average molecular weight is 339 g/mol. The van der Waals surface area contributed by atoms with Gasteiger partial charge in [-0.15, -0.1) is 0 Å². The Morgan fingerprint density at radius 2 is 1.48 bits per heavy atom. The third kappa shape index (κ3) is 3.36. The molecule has 2 aromatic carbocycles. The van der Waals surface area contributed by atoms with Crippen LogP contribution in [0.4, 0.5) is 5.69 Å². The SMILES string of the molecule is COc1ccc(N2C(=O)CC(c3ccc(C)cc3)CC2=O)cc1OC. The van der Waals surface area contributed by atoms with Gasteiger partial charge in [0.2, 0.25) is 11.8 Å². The van der Waals surface area contributed by atoms with Gasteiger partial charge in [-0.25, -0.2) is 0 Å². The lowest BCUT2D eigenvalue weighted by Crippen LogP contribution is -2.42. The number of ether oxygens (including phenoxy) is 2. The van der Waals surface area contributed by atoms with Crippen LogP contribution in [0.15, 0.2) is 42.5 Å². The molecule has 1 aliphatic heterocycles. The fourth-order valence-corrected chi connectivity index (χ4v) is 3.14. The minimum absolute atomic E-state index is 0.0722. The first-order valence-corrected chi connectivity index (χ1v) is 8.18. The lowest BCUT2D eigenvalue weighted by Gasteiger charge is -2.30. The van der Waals surface area contributed by atoms with Crippen LogP contribution in [0.5, 0.6) is 11.5 Å². The molecule has 0 N–H and O–H groups in total. The highest BCUT2D eigenvalue weighted by Gasteiger charge is 2.34. The van der Waals surface area contributed by atoms with E-state index in [9.17, 15) is 9.59 Å². The average Bonchev–Trinajstić information content (AvgIpc) is 2.61. The van der Waals surface area contributed by atoms with Gasteiger partial charge >= 0.3 is 0 Å². The highest BCUT2D eigenvalue weighted by atomic mass is 16.5. The second-order valence-electron chi connectivity index (χ2n) is 6.18. The number of carbonyl (C=O) groups excluding carboxylic acids is 2. The first-order valence-electron chi connectivity index (χ1n) is 8.18. The molecule has 1 fully saturated rings. The summed E-state index contributed by atoms with van der Waals surface area (Å²) in [6.07, 6.45) is 0.617. The van der Waals surface area contributed by atoms with Gasteiger partial charge in [0.15, 0.2) is 11.5 Å². The molecule has 1 aliphatic rings. The van der Waals surface area contributed by atoms with Crippen LogP contribution in [0.25, 0.3) is 0 Å². The Hall–Kier alpha value is -2.82. The fourth-order valence-electron chi connectivity index (χ4n) is 3.14. The van der Waals surface area contributed by atoms with Crippen molar-refractivity contribution in [1.29, 1.82) is 0 Å². The summed E-state index contributed by atoms with van der Waals surface area (Å²) in [5, 5.41) is 0. The van der Waals surface area contributed by atoms with Crippen LogP contribution >= 0.6 is 0 Å². The van der Waals surface area contributed by atoms with E-state index >= 15 is 0 Å². The largest absolute Gasteiger partial charge is 0.493 e. The van der Waals surface area contributed by atoms with Crippen molar-refractivity contribution >= 4 is 17.5 Å². The van der Waals surface area contributed by atoms with Crippen molar-refractivity contribution in [2.45, 2.75) is 25.7 Å². The number of hydrogen-bond acceptors (Lipinski definition) is 4. The van der Waals surface area contributed by atoms with Crippen molar-refractivity contribution < 1.29 is 19.1 Å². The van der Waals surface area contributed by atoms with Crippen LogP contribution in [0.2, 0.25) is 0 Å². The maximum Gasteiger partial charge on any atom is 0.234 e. The van der Waals surface area contributed by atoms with Gasteiger partial charge in [-0.05, 0) is 24.6 Å². The molecule has 0 unspecified atom stereocenters. The van der Waals surface area contributed by atoms with Gasteiger partial charge in [0.05, 0.1) is 19.9 Å². The molecule has 0 bridgehead atoms. The predicted octanol–water partition coefficient (Wildman–Crippen LogP) is 3.45. The summed E-state index contributed by atoms with van der Waals surface area (Å²) < 4.78 is 10.5. The molecule has 0 saturated carbocycles. The van der Waals surface area contributed by atoms with Crippen molar-refractivity contribution in [3.05, 3.63) is 53.6 Å². The number of benzene rings is 2. The molecule has 0 atom stereocenters. The third-order valence-corrected chi connectivity index (χ3v) is 4.51. The first-order chi connectivity index (χ1) is 12.0. The highest BCUT2D eigenvalue weighted by Crippen LogP contribution is 2.36. The Labute approximate surface area is 147 Å². The Morgan fingerprint density at radius 1 is 0.880 bits per heavy atom. The molecule has 1 saturated heterocycles. The Bertz CT molecular complexity index is 780. The number of nitrogens with zero attached hydrogens (tertiary/aromatic N) is 1. The standard InChI is InChI=1S/C20H21NO4/c1-13-4-6-14(7-5-13)15-10-19(22)21(20(23)11-15)16-8-9-17(24-2)18(12-16)25-3/h4-9,12,15H,10-11H2,1-3H3. The monoisotopic (exact) mass is 339 g/mol.